The summed E-state index contributed by atoms with van der Waals surface area (Å²) in [6.07, 6.45) is 2.02. The molecule has 0 unspecified atom stereocenters. The van der Waals surface area contributed by atoms with Crippen LogP contribution in [0.5, 0.6) is 5.75 Å². The zero-order valence-electron chi connectivity index (χ0n) is 15.6. The van der Waals surface area contributed by atoms with Gasteiger partial charge in [0.05, 0.1) is 6.61 Å². The van der Waals surface area contributed by atoms with E-state index in [9.17, 15) is 0 Å². The molecule has 0 aliphatic rings. The predicted molar refractivity (Wildman–Crippen MR) is 108 cm³/mol. The van der Waals surface area contributed by atoms with Crippen LogP contribution >= 0.6 is 11.6 Å². The van der Waals surface area contributed by atoms with Gasteiger partial charge < -0.3 is 9.64 Å². The maximum Gasteiger partial charge on any atom is 0.119 e. The van der Waals surface area contributed by atoms with Crippen LogP contribution in [0.4, 0.5) is 0 Å². The van der Waals surface area contributed by atoms with Crippen LogP contribution in [0.15, 0.2) is 48.5 Å². The lowest BCUT2D eigenvalue weighted by Gasteiger charge is -2.18. The molecule has 2 aromatic carbocycles. The molecular formula is C22H29ClNO. The van der Waals surface area contributed by atoms with Crippen LogP contribution < -0.4 is 4.74 Å². The van der Waals surface area contributed by atoms with Gasteiger partial charge in [-0.3, -0.25) is 0 Å². The molecule has 2 nitrogen and oxygen atoms in total. The largest absolute Gasteiger partial charge is 0.494 e. The summed E-state index contributed by atoms with van der Waals surface area (Å²) in [7, 11) is 0. The minimum absolute atomic E-state index is 0.758. The zero-order chi connectivity index (χ0) is 18.1. The van der Waals surface area contributed by atoms with Gasteiger partial charge in [-0.1, -0.05) is 56.6 Å². The minimum Gasteiger partial charge on any atom is -0.494 e. The van der Waals surface area contributed by atoms with E-state index in [0.717, 1.165) is 49.9 Å². The first-order valence-electron chi connectivity index (χ1n) is 9.25. The second-order valence-corrected chi connectivity index (χ2v) is 6.53. The molecule has 135 valence electrons. The lowest BCUT2D eigenvalue weighted by molar-refractivity contribution is 0.249. The Morgan fingerprint density at radius 1 is 0.960 bits per heavy atom. The molecule has 0 fully saturated rings. The molecule has 0 heterocycles. The molecule has 0 amide bonds. The number of hydrogen-bond donors (Lipinski definition) is 0. The van der Waals surface area contributed by atoms with Crippen molar-refractivity contribution < 1.29 is 4.74 Å². The van der Waals surface area contributed by atoms with Crippen LogP contribution in [-0.2, 0) is 0 Å². The van der Waals surface area contributed by atoms with E-state index < -0.39 is 0 Å². The molecule has 25 heavy (non-hydrogen) atoms. The number of benzene rings is 2. The monoisotopic (exact) mass is 358 g/mol. The summed E-state index contributed by atoms with van der Waals surface area (Å²) in [6.45, 7) is 10.6. The van der Waals surface area contributed by atoms with Gasteiger partial charge in [0.1, 0.15) is 5.75 Å². The average Bonchev–Trinajstić information content (AvgIpc) is 2.64. The fraction of sp³-hybridized carbons (Fsp3) is 0.409. The average molecular weight is 359 g/mol. The Morgan fingerprint density at radius 2 is 1.68 bits per heavy atom. The number of nitrogens with zero attached hydrogens (tertiary/aromatic N) is 1. The Labute approximate surface area is 157 Å². The van der Waals surface area contributed by atoms with Crippen molar-refractivity contribution in [2.75, 3.05) is 26.2 Å². The van der Waals surface area contributed by atoms with Crippen molar-refractivity contribution in [1.82, 2.24) is 4.90 Å². The van der Waals surface area contributed by atoms with Gasteiger partial charge in [-0.2, -0.15) is 0 Å². The van der Waals surface area contributed by atoms with E-state index in [1.807, 2.05) is 18.2 Å². The highest BCUT2D eigenvalue weighted by Crippen LogP contribution is 2.29. The van der Waals surface area contributed by atoms with Gasteiger partial charge in [0, 0.05) is 17.5 Å². The molecule has 0 saturated heterocycles. The number of rotatable bonds is 10. The zero-order valence-corrected chi connectivity index (χ0v) is 16.4. The van der Waals surface area contributed by atoms with Gasteiger partial charge in [0.2, 0.25) is 0 Å². The van der Waals surface area contributed by atoms with Crippen molar-refractivity contribution in [3.63, 3.8) is 0 Å². The van der Waals surface area contributed by atoms with Crippen LogP contribution in [0.25, 0.3) is 0 Å². The minimum atomic E-state index is 0.758. The van der Waals surface area contributed by atoms with Gasteiger partial charge in [-0.15, -0.1) is 0 Å². The highest BCUT2D eigenvalue weighted by atomic mass is 35.5. The molecule has 3 heteroatoms. The van der Waals surface area contributed by atoms with Crippen molar-refractivity contribution in [1.29, 1.82) is 0 Å². The third-order valence-corrected chi connectivity index (χ3v) is 4.75. The topological polar surface area (TPSA) is 12.5 Å². The summed E-state index contributed by atoms with van der Waals surface area (Å²) in [6, 6.07) is 16.5. The first kappa shape index (κ1) is 19.8. The van der Waals surface area contributed by atoms with Gasteiger partial charge in [0.15, 0.2) is 0 Å². The molecule has 0 aromatic heterocycles. The molecular weight excluding hydrogens is 330 g/mol. The van der Waals surface area contributed by atoms with E-state index in [1.165, 1.54) is 17.0 Å². The predicted octanol–water partition coefficient (Wildman–Crippen LogP) is 5.83. The van der Waals surface area contributed by atoms with Crippen molar-refractivity contribution >= 4 is 11.6 Å². The molecule has 0 aliphatic heterocycles. The number of ether oxygens (including phenoxy) is 1. The summed E-state index contributed by atoms with van der Waals surface area (Å²) in [4.78, 5) is 2.42. The molecule has 0 aliphatic carbocycles. The normalized spacial score (nSPS) is 11.3. The van der Waals surface area contributed by atoms with Gasteiger partial charge in [-0.05, 0) is 61.3 Å². The maximum absolute atomic E-state index is 6.14. The molecule has 0 spiro atoms. The highest BCUT2D eigenvalue weighted by Gasteiger charge is 2.13. The smallest absolute Gasteiger partial charge is 0.119 e. The van der Waals surface area contributed by atoms with E-state index in [1.54, 1.807) is 0 Å². The summed E-state index contributed by atoms with van der Waals surface area (Å²) in [5, 5.41) is 0.775. The fourth-order valence-electron chi connectivity index (χ4n) is 3.02. The summed E-state index contributed by atoms with van der Waals surface area (Å²) < 4.78 is 5.88. The van der Waals surface area contributed by atoms with Crippen molar-refractivity contribution in [2.45, 2.75) is 33.6 Å². The Hall–Kier alpha value is -1.51. The SMILES string of the molecule is CC[C](c1ccc(OCCCN(CC)CC)cc1)c1cccc(Cl)c1. The molecule has 2 aromatic rings. The Kier molecular flexibility index (Phi) is 8.30. The molecule has 0 saturated carbocycles. The second-order valence-electron chi connectivity index (χ2n) is 6.10. The van der Waals surface area contributed by atoms with E-state index in [4.69, 9.17) is 16.3 Å². The molecule has 2 rings (SSSR count). The third kappa shape index (κ3) is 6.05. The highest BCUT2D eigenvalue weighted by molar-refractivity contribution is 6.30. The van der Waals surface area contributed by atoms with Crippen molar-refractivity contribution in [3.8, 4) is 5.75 Å². The van der Waals surface area contributed by atoms with Crippen LogP contribution in [0.3, 0.4) is 0 Å². The third-order valence-electron chi connectivity index (χ3n) is 4.51. The first-order chi connectivity index (χ1) is 12.2. The van der Waals surface area contributed by atoms with Crippen LogP contribution in [-0.4, -0.2) is 31.1 Å². The molecule has 0 atom stereocenters. The maximum atomic E-state index is 6.14. The molecule has 0 N–H and O–H groups in total. The van der Waals surface area contributed by atoms with Gasteiger partial charge in [0.25, 0.3) is 0 Å². The fourth-order valence-corrected chi connectivity index (χ4v) is 3.21. The van der Waals surface area contributed by atoms with E-state index in [0.29, 0.717) is 0 Å². The first-order valence-corrected chi connectivity index (χ1v) is 9.63. The number of halogens is 1. The summed E-state index contributed by atoms with van der Waals surface area (Å²) >= 11 is 6.14. The van der Waals surface area contributed by atoms with Crippen molar-refractivity contribution in [3.05, 3.63) is 70.6 Å². The summed E-state index contributed by atoms with van der Waals surface area (Å²) in [5.41, 5.74) is 2.41. The van der Waals surface area contributed by atoms with Gasteiger partial charge in [-0.25, -0.2) is 0 Å². The van der Waals surface area contributed by atoms with Crippen molar-refractivity contribution in [2.24, 2.45) is 0 Å². The second kappa shape index (κ2) is 10.5. The lowest BCUT2D eigenvalue weighted by atomic mass is 9.89. The standard InChI is InChI=1S/C22H29ClNO/c1-4-22(19-9-7-10-20(23)17-19)18-11-13-21(14-12-18)25-16-8-15-24(5-2)6-3/h7,9-14,17H,4-6,8,15-16H2,1-3H3. The Balaban J connectivity index is 1.92. The summed E-state index contributed by atoms with van der Waals surface area (Å²) in [5.74, 6) is 2.24. The molecule has 1 radical (unpaired) electrons. The Morgan fingerprint density at radius 3 is 2.28 bits per heavy atom. The lowest BCUT2D eigenvalue weighted by Crippen LogP contribution is -2.25. The van der Waals surface area contributed by atoms with E-state index in [-0.39, 0.29) is 0 Å². The van der Waals surface area contributed by atoms with E-state index >= 15 is 0 Å². The number of hydrogen-bond acceptors (Lipinski definition) is 2. The van der Waals surface area contributed by atoms with Crippen LogP contribution in [0, 0.1) is 5.92 Å². The molecule has 0 bridgehead atoms. The van der Waals surface area contributed by atoms with Gasteiger partial charge >= 0.3 is 0 Å². The van der Waals surface area contributed by atoms with Crippen LogP contribution in [0.1, 0.15) is 44.7 Å². The van der Waals surface area contributed by atoms with Crippen LogP contribution in [0.2, 0.25) is 5.02 Å². The van der Waals surface area contributed by atoms with E-state index in [2.05, 4.69) is 56.0 Å². The quantitative estimate of drug-likeness (QED) is 0.495. The Bertz CT molecular complexity index is 622.